The second-order valence-corrected chi connectivity index (χ2v) is 9.68. The molecule has 5 N–H and O–H groups in total. The molecule has 1 aromatic heterocycles. The third kappa shape index (κ3) is 8.18. The van der Waals surface area contributed by atoms with Gasteiger partial charge in [0.25, 0.3) is 5.91 Å². The van der Waals surface area contributed by atoms with Crippen molar-refractivity contribution >= 4 is 17.6 Å². The van der Waals surface area contributed by atoms with E-state index in [1.165, 1.54) is 12.4 Å². The third-order valence-corrected chi connectivity index (χ3v) is 5.22. The summed E-state index contributed by atoms with van der Waals surface area (Å²) in [6.07, 6.45) is 3.66. The van der Waals surface area contributed by atoms with Gasteiger partial charge in [0.2, 0.25) is 0 Å². The lowest BCUT2D eigenvalue weighted by Gasteiger charge is -2.40. The Labute approximate surface area is 196 Å². The first-order valence-electron chi connectivity index (χ1n) is 10.8. The number of carbonyl (C=O) groups is 2. The highest BCUT2D eigenvalue weighted by Crippen LogP contribution is 2.33. The summed E-state index contributed by atoms with van der Waals surface area (Å²) in [7, 11) is 0. The number of hydrogen-bond donors (Lipinski definition) is 5. The van der Waals surface area contributed by atoms with Gasteiger partial charge in [0.05, 0.1) is 6.04 Å². The predicted molar refractivity (Wildman–Crippen MR) is 127 cm³/mol. The van der Waals surface area contributed by atoms with Crippen molar-refractivity contribution in [2.75, 3.05) is 11.9 Å². The number of aliphatic hydroxyl groups is 1. The first-order chi connectivity index (χ1) is 15.2. The van der Waals surface area contributed by atoms with E-state index < -0.39 is 30.0 Å². The Hall–Kier alpha value is -2.91. The van der Waals surface area contributed by atoms with E-state index in [1.807, 2.05) is 46.8 Å². The van der Waals surface area contributed by atoms with E-state index in [9.17, 15) is 19.9 Å². The molecule has 0 aliphatic heterocycles. The fourth-order valence-electron chi connectivity index (χ4n) is 3.53. The Bertz CT molecular complexity index is 835. The lowest BCUT2D eigenvalue weighted by molar-refractivity contribution is -0.168. The normalized spacial score (nSPS) is 15.1. The average Bonchev–Trinajstić information content (AvgIpc) is 2.72. The van der Waals surface area contributed by atoms with E-state index in [4.69, 9.17) is 4.74 Å². The second-order valence-electron chi connectivity index (χ2n) is 9.68. The molecule has 0 fully saturated rings. The van der Waals surface area contributed by atoms with Crippen molar-refractivity contribution in [3.63, 3.8) is 0 Å². The fraction of sp³-hybridized carbons (Fsp3) is 0.542. The van der Waals surface area contributed by atoms with Crippen LogP contribution in [0.4, 0.5) is 5.69 Å². The topological polar surface area (TPSA) is 133 Å². The summed E-state index contributed by atoms with van der Waals surface area (Å²) < 4.78 is 4.98. The van der Waals surface area contributed by atoms with Crippen molar-refractivity contribution in [1.29, 1.82) is 0 Å². The Morgan fingerprint density at radius 2 is 1.73 bits per heavy atom. The number of nitrogens with one attached hydrogen (secondary N) is 3. The minimum Gasteiger partial charge on any atom is -0.462 e. The molecule has 9 nitrogen and oxygen atoms in total. The van der Waals surface area contributed by atoms with Crippen LogP contribution in [-0.4, -0.2) is 45.4 Å². The molecule has 0 radical (unpaired) electrons. The summed E-state index contributed by atoms with van der Waals surface area (Å²) in [5.41, 5.74) is 0.716. The van der Waals surface area contributed by atoms with Gasteiger partial charge in [-0.05, 0) is 29.9 Å². The lowest BCUT2D eigenvalue weighted by atomic mass is 9.78. The van der Waals surface area contributed by atoms with Gasteiger partial charge >= 0.3 is 5.97 Å². The molecule has 0 aliphatic carbocycles. The number of carbonyl (C=O) groups excluding carboxylic acids is 2. The van der Waals surface area contributed by atoms with Crippen LogP contribution < -0.4 is 16.1 Å². The molecular weight excluding hydrogens is 424 g/mol. The van der Waals surface area contributed by atoms with E-state index in [1.54, 1.807) is 12.4 Å². The van der Waals surface area contributed by atoms with Gasteiger partial charge in [-0.2, -0.15) is 0 Å². The average molecular weight is 463 g/mol. The highest BCUT2D eigenvalue weighted by atomic mass is 16.5. The number of hydrogen-bond acceptors (Lipinski definition) is 8. The van der Waals surface area contributed by atoms with Gasteiger partial charge < -0.3 is 20.5 Å². The minimum atomic E-state index is -2.24. The molecule has 3 atom stereocenters. The highest BCUT2D eigenvalue weighted by Gasteiger charge is 2.47. The van der Waals surface area contributed by atoms with Crippen LogP contribution in [0.15, 0.2) is 49.1 Å². The van der Waals surface area contributed by atoms with Crippen molar-refractivity contribution in [1.82, 2.24) is 15.8 Å². The van der Waals surface area contributed by atoms with Crippen molar-refractivity contribution in [2.24, 2.45) is 17.3 Å². The molecule has 0 aromatic carbocycles. The standard InChI is InChI=1S/C24H38N4O5/c1-15(2)13-20(24(31,22(30)28-32)14-33-18(5)29)16(3)27-21(23(6,7)8)17(4)26-19-9-11-25-12-10-19/h9-12,15,20-21,27,31-32H,3-4,13-14H2,1-2,5-8H3,(H,25,26)(H,28,30)/t20?,21-,24-/m1/s1. The fourth-order valence-corrected chi connectivity index (χ4v) is 3.53. The molecule has 0 aliphatic rings. The van der Waals surface area contributed by atoms with Crippen LogP contribution in [0.2, 0.25) is 0 Å². The molecule has 0 bridgehead atoms. The van der Waals surface area contributed by atoms with Gasteiger partial charge in [-0.3, -0.25) is 19.8 Å². The van der Waals surface area contributed by atoms with Crippen LogP contribution in [-0.2, 0) is 14.3 Å². The number of nitrogens with zero attached hydrogens (tertiary/aromatic N) is 1. The summed E-state index contributed by atoms with van der Waals surface area (Å²) in [6, 6.07) is 3.26. The second kappa shape index (κ2) is 11.8. The zero-order valence-corrected chi connectivity index (χ0v) is 20.4. The summed E-state index contributed by atoms with van der Waals surface area (Å²) >= 11 is 0. The van der Waals surface area contributed by atoms with E-state index in [0.717, 1.165) is 5.69 Å². The number of rotatable bonds is 12. The zero-order chi connectivity index (χ0) is 25.4. The Balaban J connectivity index is 3.28. The Morgan fingerprint density at radius 1 is 1.15 bits per heavy atom. The zero-order valence-electron chi connectivity index (χ0n) is 20.4. The quantitative estimate of drug-likeness (QED) is 0.182. The number of pyridine rings is 1. The number of anilines is 1. The first kappa shape index (κ1) is 28.1. The monoisotopic (exact) mass is 462 g/mol. The van der Waals surface area contributed by atoms with Crippen LogP contribution in [0, 0.1) is 17.3 Å². The SMILES string of the molecule is C=C(N[C@H](C(=C)Nc1ccncc1)C(C)(C)C)C(CC(C)C)[C@](O)(COC(C)=O)C(=O)NO. The van der Waals surface area contributed by atoms with Gasteiger partial charge in [-0.25, -0.2) is 5.48 Å². The molecule has 1 aromatic rings. The van der Waals surface area contributed by atoms with E-state index in [2.05, 4.69) is 28.8 Å². The Morgan fingerprint density at radius 3 is 2.18 bits per heavy atom. The van der Waals surface area contributed by atoms with Gasteiger partial charge in [0.15, 0.2) is 5.60 Å². The molecule has 184 valence electrons. The van der Waals surface area contributed by atoms with Crippen molar-refractivity contribution in [3.05, 3.63) is 49.1 Å². The molecule has 0 saturated heterocycles. The van der Waals surface area contributed by atoms with Gasteiger partial charge in [-0.1, -0.05) is 47.8 Å². The molecule has 0 spiro atoms. The molecule has 1 heterocycles. The highest BCUT2D eigenvalue weighted by molar-refractivity contribution is 5.85. The maximum absolute atomic E-state index is 12.5. The van der Waals surface area contributed by atoms with Gasteiger partial charge in [-0.15, -0.1) is 0 Å². The van der Waals surface area contributed by atoms with Crippen LogP contribution in [0.1, 0.15) is 48.0 Å². The molecule has 0 saturated carbocycles. The van der Waals surface area contributed by atoms with Gasteiger partial charge in [0, 0.05) is 42.3 Å². The van der Waals surface area contributed by atoms with Crippen LogP contribution in [0.3, 0.4) is 0 Å². The van der Waals surface area contributed by atoms with E-state index in [-0.39, 0.29) is 17.4 Å². The van der Waals surface area contributed by atoms with Crippen LogP contribution >= 0.6 is 0 Å². The lowest BCUT2D eigenvalue weighted by Crippen LogP contribution is -2.57. The molecule has 1 rings (SSSR count). The molecule has 1 unspecified atom stereocenters. The molecule has 33 heavy (non-hydrogen) atoms. The maximum Gasteiger partial charge on any atom is 0.302 e. The summed E-state index contributed by atoms with van der Waals surface area (Å²) in [4.78, 5) is 27.9. The van der Waals surface area contributed by atoms with Crippen molar-refractivity contribution in [3.8, 4) is 0 Å². The predicted octanol–water partition coefficient (Wildman–Crippen LogP) is 2.99. The third-order valence-electron chi connectivity index (χ3n) is 5.22. The first-order valence-corrected chi connectivity index (χ1v) is 10.8. The van der Waals surface area contributed by atoms with Crippen molar-refractivity contribution < 1.29 is 24.6 Å². The number of ether oxygens (including phenoxy) is 1. The number of esters is 1. The molecule has 9 heteroatoms. The molecular formula is C24H38N4O5. The summed E-state index contributed by atoms with van der Waals surface area (Å²) in [5, 5.41) is 27.2. The summed E-state index contributed by atoms with van der Waals surface area (Å²) in [5.74, 6) is -2.58. The van der Waals surface area contributed by atoms with Crippen molar-refractivity contribution in [2.45, 2.75) is 59.6 Å². The number of aromatic nitrogens is 1. The largest absolute Gasteiger partial charge is 0.462 e. The van der Waals surface area contributed by atoms with Crippen LogP contribution in [0.25, 0.3) is 0 Å². The summed E-state index contributed by atoms with van der Waals surface area (Å²) in [6.45, 7) is 18.7. The molecule has 1 amide bonds. The maximum atomic E-state index is 12.5. The van der Waals surface area contributed by atoms with E-state index >= 15 is 0 Å². The number of hydroxylamine groups is 1. The Kier molecular flexibility index (Phi) is 10.1. The number of amides is 1. The van der Waals surface area contributed by atoms with Crippen LogP contribution in [0.5, 0.6) is 0 Å². The minimum absolute atomic E-state index is 0.0510. The smallest absolute Gasteiger partial charge is 0.302 e. The van der Waals surface area contributed by atoms with Gasteiger partial charge in [0.1, 0.15) is 6.61 Å². The van der Waals surface area contributed by atoms with E-state index in [0.29, 0.717) is 17.8 Å².